The number of piperazine rings is 1. The maximum atomic E-state index is 12.5. The summed E-state index contributed by atoms with van der Waals surface area (Å²) >= 11 is 0. The van der Waals surface area contributed by atoms with Crippen LogP contribution in [-0.4, -0.2) is 59.6 Å². The van der Waals surface area contributed by atoms with Crippen LogP contribution < -0.4 is 14.5 Å². The second-order valence-electron chi connectivity index (χ2n) is 9.34. The molecule has 8 heteroatoms. The lowest BCUT2D eigenvalue weighted by molar-refractivity contribution is -0.129. The molecule has 2 aliphatic heterocycles. The highest BCUT2D eigenvalue weighted by Gasteiger charge is 2.36. The maximum Gasteiger partial charge on any atom is 0.318 e. The van der Waals surface area contributed by atoms with E-state index in [2.05, 4.69) is 71.8 Å². The minimum atomic E-state index is -0.232. The van der Waals surface area contributed by atoms with Crippen molar-refractivity contribution in [1.29, 1.82) is 5.26 Å². The van der Waals surface area contributed by atoms with Crippen molar-refractivity contribution in [2.45, 2.75) is 38.4 Å². The predicted octanol–water partition coefficient (Wildman–Crippen LogP) is 3.71. The van der Waals surface area contributed by atoms with Crippen LogP contribution in [0.1, 0.15) is 24.6 Å². The number of ether oxygens (including phenoxy) is 1. The molecule has 2 atom stereocenters. The van der Waals surface area contributed by atoms with Crippen LogP contribution in [0.5, 0.6) is 6.01 Å². The Morgan fingerprint density at radius 2 is 2.03 bits per heavy atom. The number of methoxy groups -OCH3 is 1. The lowest BCUT2D eigenvalue weighted by Crippen LogP contribution is -2.59. The Hall–Kier alpha value is -4.12. The second kappa shape index (κ2) is 9.86. The monoisotopic (exact) mass is 482 g/mol. The molecule has 0 aliphatic carbocycles. The van der Waals surface area contributed by atoms with Crippen LogP contribution in [0.4, 0.5) is 11.5 Å². The molecular weight excluding hydrogens is 452 g/mol. The van der Waals surface area contributed by atoms with Crippen LogP contribution >= 0.6 is 0 Å². The van der Waals surface area contributed by atoms with Crippen LogP contribution in [0.15, 0.2) is 55.1 Å². The average Bonchev–Trinajstić information content (AvgIpc) is 2.92. The van der Waals surface area contributed by atoms with E-state index in [-0.39, 0.29) is 24.4 Å². The van der Waals surface area contributed by atoms with Crippen molar-refractivity contribution in [3.63, 3.8) is 0 Å². The highest BCUT2D eigenvalue weighted by molar-refractivity contribution is 5.94. The predicted molar refractivity (Wildman–Crippen MR) is 140 cm³/mol. The van der Waals surface area contributed by atoms with Gasteiger partial charge in [-0.15, -0.1) is 0 Å². The molecule has 1 saturated heterocycles. The largest absolute Gasteiger partial charge is 0.467 e. The quantitative estimate of drug-likeness (QED) is 0.513. The topological polar surface area (TPSA) is 85.6 Å². The minimum absolute atomic E-state index is 0.0173. The Morgan fingerprint density at radius 3 is 2.81 bits per heavy atom. The lowest BCUT2D eigenvalue weighted by atomic mass is 9.99. The molecule has 2 aliphatic rings. The number of nitriles is 1. The molecule has 184 valence electrons. The van der Waals surface area contributed by atoms with Crippen LogP contribution in [-0.2, 0) is 17.8 Å². The molecule has 0 saturated carbocycles. The van der Waals surface area contributed by atoms with Gasteiger partial charge in [-0.25, -0.2) is 0 Å². The first kappa shape index (κ1) is 23.6. The number of carbonyl (C=O) groups is 1. The summed E-state index contributed by atoms with van der Waals surface area (Å²) in [5.41, 5.74) is 3.25. The molecule has 0 N–H and O–H groups in total. The highest BCUT2D eigenvalue weighted by atomic mass is 16.5. The minimum Gasteiger partial charge on any atom is -0.467 e. The zero-order valence-electron chi connectivity index (χ0n) is 20.7. The van der Waals surface area contributed by atoms with E-state index in [1.165, 1.54) is 22.5 Å². The van der Waals surface area contributed by atoms with Crippen molar-refractivity contribution >= 4 is 28.2 Å². The van der Waals surface area contributed by atoms with Crippen molar-refractivity contribution in [3.8, 4) is 12.1 Å². The second-order valence-corrected chi connectivity index (χ2v) is 9.34. The van der Waals surface area contributed by atoms with Crippen LogP contribution in [0, 0.1) is 11.3 Å². The molecule has 0 radical (unpaired) electrons. The number of benzene rings is 2. The molecule has 1 amide bonds. The van der Waals surface area contributed by atoms with E-state index < -0.39 is 0 Å². The SMILES string of the molecule is C=CC(=O)N1C[C@H](C)N(c2nc(OC)nc3c2CCN(c2cccc4ccccc24)C3)C[C@@H]1CC#N. The molecule has 3 heterocycles. The highest BCUT2D eigenvalue weighted by Crippen LogP contribution is 2.35. The third-order valence-electron chi connectivity index (χ3n) is 7.21. The summed E-state index contributed by atoms with van der Waals surface area (Å²) in [6.07, 6.45) is 2.37. The molecule has 0 bridgehead atoms. The Balaban J connectivity index is 1.50. The number of fused-ring (bicyclic) bond motifs is 2. The van der Waals surface area contributed by atoms with Crippen molar-refractivity contribution in [2.24, 2.45) is 0 Å². The number of aromatic nitrogens is 2. The molecule has 1 fully saturated rings. The number of anilines is 2. The van der Waals surface area contributed by atoms with Gasteiger partial charge in [-0.1, -0.05) is 43.0 Å². The summed E-state index contributed by atoms with van der Waals surface area (Å²) < 4.78 is 5.51. The fourth-order valence-corrected chi connectivity index (χ4v) is 5.41. The number of amides is 1. The molecular formula is C28H30N6O2. The molecule has 36 heavy (non-hydrogen) atoms. The van der Waals surface area contributed by atoms with Crippen LogP contribution in [0.2, 0.25) is 0 Å². The van der Waals surface area contributed by atoms with E-state index >= 15 is 0 Å². The first-order chi connectivity index (χ1) is 17.5. The summed E-state index contributed by atoms with van der Waals surface area (Å²) in [5.74, 6) is 0.699. The zero-order valence-corrected chi connectivity index (χ0v) is 20.7. The fourth-order valence-electron chi connectivity index (χ4n) is 5.41. The van der Waals surface area contributed by atoms with Gasteiger partial charge in [-0.05, 0) is 30.9 Å². The van der Waals surface area contributed by atoms with Gasteiger partial charge < -0.3 is 19.4 Å². The Kier molecular flexibility index (Phi) is 6.47. The normalized spacial score (nSPS) is 19.5. The number of rotatable bonds is 5. The van der Waals surface area contributed by atoms with Gasteiger partial charge in [0.05, 0.1) is 37.9 Å². The number of hydrogen-bond acceptors (Lipinski definition) is 7. The molecule has 1 aromatic heterocycles. The van der Waals surface area contributed by atoms with Gasteiger partial charge in [0, 0.05) is 42.3 Å². The molecule has 2 aromatic carbocycles. The van der Waals surface area contributed by atoms with Crippen LogP contribution in [0.25, 0.3) is 10.8 Å². The van der Waals surface area contributed by atoms with Crippen molar-refractivity contribution in [2.75, 3.05) is 36.5 Å². The number of carbonyl (C=O) groups excluding carboxylic acids is 1. The zero-order chi connectivity index (χ0) is 25.2. The Morgan fingerprint density at radius 1 is 1.22 bits per heavy atom. The van der Waals surface area contributed by atoms with E-state index in [4.69, 9.17) is 14.7 Å². The lowest BCUT2D eigenvalue weighted by Gasteiger charge is -2.46. The third-order valence-corrected chi connectivity index (χ3v) is 7.21. The van der Waals surface area contributed by atoms with Gasteiger partial charge in [-0.3, -0.25) is 4.79 Å². The smallest absolute Gasteiger partial charge is 0.318 e. The van der Waals surface area contributed by atoms with E-state index in [1.54, 1.807) is 12.0 Å². The molecule has 5 rings (SSSR count). The third kappa shape index (κ3) is 4.22. The Labute approximate surface area is 211 Å². The van der Waals surface area contributed by atoms with Gasteiger partial charge in [-0.2, -0.15) is 15.2 Å². The van der Waals surface area contributed by atoms with E-state index in [1.807, 2.05) is 0 Å². The maximum absolute atomic E-state index is 12.5. The molecule has 3 aromatic rings. The molecule has 8 nitrogen and oxygen atoms in total. The van der Waals surface area contributed by atoms with Crippen molar-refractivity contribution in [3.05, 3.63) is 66.4 Å². The van der Waals surface area contributed by atoms with Gasteiger partial charge in [0.25, 0.3) is 0 Å². The van der Waals surface area contributed by atoms with Crippen molar-refractivity contribution < 1.29 is 9.53 Å². The van der Waals surface area contributed by atoms with E-state index in [9.17, 15) is 10.1 Å². The van der Waals surface area contributed by atoms with Crippen molar-refractivity contribution in [1.82, 2.24) is 14.9 Å². The average molecular weight is 483 g/mol. The number of nitrogens with zero attached hydrogens (tertiary/aromatic N) is 6. The first-order valence-corrected chi connectivity index (χ1v) is 12.3. The van der Waals surface area contributed by atoms with Gasteiger partial charge in [0.1, 0.15) is 5.82 Å². The fraction of sp³-hybridized carbons (Fsp3) is 0.357. The van der Waals surface area contributed by atoms with Gasteiger partial charge in [0.15, 0.2) is 0 Å². The summed E-state index contributed by atoms with van der Waals surface area (Å²) in [6.45, 7) is 8.23. The van der Waals surface area contributed by atoms with Gasteiger partial charge >= 0.3 is 6.01 Å². The first-order valence-electron chi connectivity index (χ1n) is 12.3. The summed E-state index contributed by atoms with van der Waals surface area (Å²) in [7, 11) is 1.58. The molecule has 0 unspecified atom stereocenters. The van der Waals surface area contributed by atoms with E-state index in [0.29, 0.717) is 25.6 Å². The van der Waals surface area contributed by atoms with Gasteiger partial charge in [0.2, 0.25) is 5.91 Å². The summed E-state index contributed by atoms with van der Waals surface area (Å²) in [4.78, 5) is 28.3. The molecule has 0 spiro atoms. The summed E-state index contributed by atoms with van der Waals surface area (Å²) in [5, 5.41) is 11.9. The van der Waals surface area contributed by atoms with E-state index in [0.717, 1.165) is 30.0 Å². The van der Waals surface area contributed by atoms with Crippen LogP contribution in [0.3, 0.4) is 0 Å². The Bertz CT molecular complexity index is 1340. The summed E-state index contributed by atoms with van der Waals surface area (Å²) in [6, 6.07) is 17.2. The standard InChI is InChI=1S/C28H30N6O2/c1-4-26(35)34-16-19(2)33(17-21(34)12-14-29)27-23-13-15-32(18-24(23)30-28(31-27)36-3)25-11-7-9-20-8-5-6-10-22(20)25/h4-11,19,21H,1,12-13,15-18H2,2-3H3/t19-,21-/m0/s1. The number of hydrogen-bond donors (Lipinski definition) is 0.